The lowest BCUT2D eigenvalue weighted by molar-refractivity contribution is -0.137. The standard InChI is InChI=1S/C19H16ClF3N4O/c1-11-16(9-18(28)25-15-5-3-4-14(20)8-15)12(2)27(26-11)17-7-6-13(10-24-17)19(21,22)23/h3-8,10H,9H2,1-2H3,(H,25,28). The van der Waals surface area contributed by atoms with Crippen molar-refractivity contribution >= 4 is 23.2 Å². The van der Waals surface area contributed by atoms with E-state index >= 15 is 0 Å². The normalized spacial score (nSPS) is 11.5. The Labute approximate surface area is 164 Å². The first-order valence-corrected chi connectivity index (χ1v) is 8.67. The number of halogens is 4. The monoisotopic (exact) mass is 408 g/mol. The molecule has 146 valence electrons. The molecule has 0 atom stereocenters. The van der Waals surface area contributed by atoms with Crippen molar-refractivity contribution in [2.75, 3.05) is 5.32 Å². The minimum atomic E-state index is -4.45. The molecule has 3 aromatic rings. The SMILES string of the molecule is Cc1nn(-c2ccc(C(F)(F)F)cn2)c(C)c1CC(=O)Nc1cccc(Cl)c1. The molecule has 9 heteroatoms. The molecule has 0 aliphatic carbocycles. The highest BCUT2D eigenvalue weighted by Crippen LogP contribution is 2.29. The van der Waals surface area contributed by atoms with Gasteiger partial charge in [-0.1, -0.05) is 17.7 Å². The third-order valence-electron chi connectivity index (χ3n) is 4.18. The number of nitrogens with zero attached hydrogens (tertiary/aromatic N) is 3. The minimum absolute atomic E-state index is 0.0603. The van der Waals surface area contributed by atoms with Gasteiger partial charge >= 0.3 is 6.18 Å². The van der Waals surface area contributed by atoms with Crippen molar-refractivity contribution < 1.29 is 18.0 Å². The molecule has 28 heavy (non-hydrogen) atoms. The van der Waals surface area contributed by atoms with Crippen LogP contribution in [0.5, 0.6) is 0 Å². The van der Waals surface area contributed by atoms with E-state index in [0.717, 1.165) is 12.3 Å². The first kappa shape index (κ1) is 19.9. The van der Waals surface area contributed by atoms with Gasteiger partial charge in [-0.05, 0) is 44.2 Å². The second-order valence-electron chi connectivity index (χ2n) is 6.20. The van der Waals surface area contributed by atoms with Gasteiger partial charge in [0.15, 0.2) is 5.82 Å². The van der Waals surface area contributed by atoms with Gasteiger partial charge in [0.2, 0.25) is 5.91 Å². The van der Waals surface area contributed by atoms with Crippen LogP contribution in [-0.4, -0.2) is 20.7 Å². The number of pyridine rings is 1. The molecule has 1 amide bonds. The van der Waals surface area contributed by atoms with Crippen LogP contribution in [0.25, 0.3) is 5.82 Å². The van der Waals surface area contributed by atoms with Crippen LogP contribution in [0.1, 0.15) is 22.5 Å². The van der Waals surface area contributed by atoms with Gasteiger partial charge in [0, 0.05) is 28.2 Å². The van der Waals surface area contributed by atoms with Gasteiger partial charge < -0.3 is 5.32 Å². The van der Waals surface area contributed by atoms with Crippen molar-refractivity contribution in [3.8, 4) is 5.82 Å². The number of hydrogen-bond donors (Lipinski definition) is 1. The van der Waals surface area contributed by atoms with E-state index in [1.54, 1.807) is 38.1 Å². The smallest absolute Gasteiger partial charge is 0.326 e. The van der Waals surface area contributed by atoms with E-state index in [2.05, 4.69) is 15.4 Å². The number of amides is 1. The number of rotatable bonds is 4. The maximum Gasteiger partial charge on any atom is 0.417 e. The number of benzene rings is 1. The number of nitrogens with one attached hydrogen (secondary N) is 1. The number of anilines is 1. The molecule has 5 nitrogen and oxygen atoms in total. The van der Waals surface area contributed by atoms with Crippen molar-refractivity contribution in [3.05, 3.63) is 70.1 Å². The van der Waals surface area contributed by atoms with Crippen LogP contribution in [0.3, 0.4) is 0 Å². The molecule has 1 N–H and O–H groups in total. The molecule has 1 aromatic carbocycles. The summed E-state index contributed by atoms with van der Waals surface area (Å²) in [6.45, 7) is 3.47. The molecule has 0 unspecified atom stereocenters. The van der Waals surface area contributed by atoms with Crippen LogP contribution in [0.2, 0.25) is 5.02 Å². The number of aryl methyl sites for hydroxylation is 1. The molecule has 0 spiro atoms. The fourth-order valence-corrected chi connectivity index (χ4v) is 2.96. The second kappa shape index (κ2) is 7.63. The zero-order chi connectivity index (χ0) is 20.5. The number of carbonyl (C=O) groups is 1. The van der Waals surface area contributed by atoms with Gasteiger partial charge in [-0.25, -0.2) is 9.67 Å². The maximum absolute atomic E-state index is 12.7. The Kier molecular flexibility index (Phi) is 5.42. The van der Waals surface area contributed by atoms with Gasteiger partial charge in [-0.15, -0.1) is 0 Å². The summed E-state index contributed by atoms with van der Waals surface area (Å²) in [5.41, 5.74) is 1.65. The lowest BCUT2D eigenvalue weighted by atomic mass is 10.1. The molecule has 0 saturated carbocycles. The average Bonchev–Trinajstić information content (AvgIpc) is 2.89. The number of hydrogen-bond acceptors (Lipinski definition) is 3. The van der Waals surface area contributed by atoms with E-state index in [9.17, 15) is 18.0 Å². The maximum atomic E-state index is 12.7. The summed E-state index contributed by atoms with van der Waals surface area (Å²) < 4.78 is 39.5. The predicted molar refractivity (Wildman–Crippen MR) is 99.6 cm³/mol. The molecule has 0 aliphatic heterocycles. The molecule has 2 heterocycles. The Bertz CT molecular complexity index is 1010. The van der Waals surface area contributed by atoms with Crippen molar-refractivity contribution in [3.63, 3.8) is 0 Å². The van der Waals surface area contributed by atoms with E-state index in [1.807, 2.05) is 0 Å². The first-order chi connectivity index (χ1) is 13.1. The molecule has 0 saturated heterocycles. The van der Waals surface area contributed by atoms with Crippen molar-refractivity contribution in [2.24, 2.45) is 0 Å². The van der Waals surface area contributed by atoms with E-state index in [4.69, 9.17) is 11.6 Å². The highest BCUT2D eigenvalue weighted by Gasteiger charge is 2.30. The highest BCUT2D eigenvalue weighted by molar-refractivity contribution is 6.30. The predicted octanol–water partition coefficient (Wildman–Crippen LogP) is 4.74. The minimum Gasteiger partial charge on any atom is -0.326 e. The fraction of sp³-hybridized carbons (Fsp3) is 0.211. The van der Waals surface area contributed by atoms with Crippen LogP contribution in [0.4, 0.5) is 18.9 Å². The summed E-state index contributed by atoms with van der Waals surface area (Å²) in [4.78, 5) is 16.2. The van der Waals surface area contributed by atoms with Gasteiger partial charge in [0.05, 0.1) is 17.7 Å². The van der Waals surface area contributed by atoms with E-state index in [1.165, 1.54) is 10.7 Å². The van der Waals surface area contributed by atoms with Gasteiger partial charge in [-0.2, -0.15) is 18.3 Å². The number of carbonyl (C=O) groups excluding carboxylic acids is 1. The summed E-state index contributed by atoms with van der Waals surface area (Å²) in [6.07, 6.45) is -3.63. The second-order valence-corrected chi connectivity index (χ2v) is 6.64. The van der Waals surface area contributed by atoms with Crippen molar-refractivity contribution in [2.45, 2.75) is 26.4 Å². The molecular weight excluding hydrogens is 393 g/mol. The third-order valence-corrected chi connectivity index (χ3v) is 4.41. The lowest BCUT2D eigenvalue weighted by Gasteiger charge is -2.08. The van der Waals surface area contributed by atoms with E-state index in [0.29, 0.717) is 27.7 Å². The van der Waals surface area contributed by atoms with Crippen molar-refractivity contribution in [1.82, 2.24) is 14.8 Å². The van der Waals surface area contributed by atoms with E-state index in [-0.39, 0.29) is 18.1 Å². The molecule has 0 radical (unpaired) electrons. The number of alkyl halides is 3. The third kappa shape index (κ3) is 4.33. The summed E-state index contributed by atoms with van der Waals surface area (Å²) in [5, 5.41) is 7.58. The van der Waals surface area contributed by atoms with Crippen LogP contribution in [-0.2, 0) is 17.4 Å². The summed E-state index contributed by atoms with van der Waals surface area (Å²) in [5.74, 6) is -0.0107. The van der Waals surface area contributed by atoms with Crippen LogP contribution >= 0.6 is 11.6 Å². The summed E-state index contributed by atoms with van der Waals surface area (Å²) in [6, 6.07) is 8.98. The van der Waals surface area contributed by atoms with Gasteiger partial charge in [0.25, 0.3) is 0 Å². The topological polar surface area (TPSA) is 59.8 Å². The molecule has 2 aromatic heterocycles. The molecular formula is C19H16ClF3N4O. The van der Waals surface area contributed by atoms with Crippen LogP contribution in [0, 0.1) is 13.8 Å². The first-order valence-electron chi connectivity index (χ1n) is 8.29. The van der Waals surface area contributed by atoms with E-state index < -0.39 is 11.7 Å². The molecule has 0 bridgehead atoms. The zero-order valence-electron chi connectivity index (χ0n) is 15.0. The largest absolute Gasteiger partial charge is 0.417 e. The lowest BCUT2D eigenvalue weighted by Crippen LogP contribution is -2.15. The molecule has 0 fully saturated rings. The summed E-state index contributed by atoms with van der Waals surface area (Å²) in [7, 11) is 0. The van der Waals surface area contributed by atoms with Gasteiger partial charge in [0.1, 0.15) is 0 Å². The Morgan fingerprint density at radius 1 is 1.21 bits per heavy atom. The quantitative estimate of drug-likeness (QED) is 0.678. The Morgan fingerprint density at radius 2 is 1.96 bits per heavy atom. The number of aromatic nitrogens is 3. The van der Waals surface area contributed by atoms with Crippen LogP contribution < -0.4 is 5.32 Å². The average molecular weight is 409 g/mol. The zero-order valence-corrected chi connectivity index (χ0v) is 15.8. The Morgan fingerprint density at radius 3 is 2.57 bits per heavy atom. The van der Waals surface area contributed by atoms with Crippen LogP contribution in [0.15, 0.2) is 42.6 Å². The highest BCUT2D eigenvalue weighted by atomic mass is 35.5. The Hall–Kier alpha value is -2.87. The Balaban J connectivity index is 1.81. The fourth-order valence-electron chi connectivity index (χ4n) is 2.76. The molecule has 3 rings (SSSR count). The van der Waals surface area contributed by atoms with Crippen molar-refractivity contribution in [1.29, 1.82) is 0 Å². The molecule has 0 aliphatic rings. The van der Waals surface area contributed by atoms with Gasteiger partial charge in [-0.3, -0.25) is 4.79 Å². The summed E-state index contributed by atoms with van der Waals surface area (Å²) >= 11 is 5.91.